The lowest BCUT2D eigenvalue weighted by Gasteiger charge is -2.11. The molecular formula is C22H22N2O4. The maximum absolute atomic E-state index is 12.5. The fraction of sp³-hybridized carbons (Fsp3) is 0.318. The normalized spacial score (nSPS) is 15.5. The molecule has 1 heterocycles. The van der Waals surface area contributed by atoms with Crippen molar-refractivity contribution in [3.8, 4) is 0 Å². The number of aryl methyl sites for hydroxylation is 1. The van der Waals surface area contributed by atoms with Crippen molar-refractivity contribution in [2.24, 2.45) is 0 Å². The third-order valence-corrected chi connectivity index (χ3v) is 5.35. The maximum Gasteiger partial charge on any atom is 0.328 e. The molecule has 6 heteroatoms. The molecular weight excluding hydrogens is 356 g/mol. The van der Waals surface area contributed by atoms with Crippen LogP contribution in [0.3, 0.4) is 0 Å². The number of nitrogens with zero attached hydrogens (tertiary/aromatic N) is 1. The number of rotatable bonds is 6. The summed E-state index contributed by atoms with van der Waals surface area (Å²) in [4.78, 5) is 39.5. The fourth-order valence-electron chi connectivity index (χ4n) is 3.93. The highest BCUT2D eigenvalue weighted by molar-refractivity contribution is 5.76. The van der Waals surface area contributed by atoms with Crippen LogP contribution in [0.2, 0.25) is 0 Å². The Kier molecular flexibility index (Phi) is 5.10. The molecule has 0 bridgehead atoms. The molecule has 0 amide bonds. The third kappa shape index (κ3) is 3.63. The number of carbonyl (C=O) groups excluding carboxylic acids is 1. The first-order chi connectivity index (χ1) is 13.6. The minimum atomic E-state index is -0.447. The molecule has 1 unspecified atom stereocenters. The van der Waals surface area contributed by atoms with E-state index in [4.69, 9.17) is 4.74 Å². The molecule has 1 N–H and O–H groups in total. The van der Waals surface area contributed by atoms with Gasteiger partial charge in [-0.1, -0.05) is 36.4 Å². The van der Waals surface area contributed by atoms with Crippen molar-refractivity contribution >= 4 is 16.9 Å². The Balaban J connectivity index is 1.32. The van der Waals surface area contributed by atoms with Crippen molar-refractivity contribution in [3.63, 3.8) is 0 Å². The molecule has 1 aliphatic carbocycles. The molecule has 1 atom stereocenters. The zero-order valence-corrected chi connectivity index (χ0v) is 15.5. The minimum Gasteiger partial charge on any atom is -0.466 e. The van der Waals surface area contributed by atoms with Crippen LogP contribution in [0.15, 0.2) is 58.1 Å². The van der Waals surface area contributed by atoms with Crippen LogP contribution in [-0.4, -0.2) is 22.1 Å². The molecule has 3 aromatic rings. The predicted octanol–water partition coefficient (Wildman–Crippen LogP) is 2.74. The van der Waals surface area contributed by atoms with Crippen molar-refractivity contribution in [2.75, 3.05) is 6.61 Å². The number of esters is 1. The standard InChI is InChI=1S/C22H22N2O4/c25-20(14-16-11-10-15-6-1-2-7-17(15)16)28-13-5-12-24-21(26)18-8-3-4-9-19(18)23-22(24)27/h1-4,6-9,16H,5,10-14H2,(H,23,27). The van der Waals surface area contributed by atoms with E-state index in [2.05, 4.69) is 17.1 Å². The lowest BCUT2D eigenvalue weighted by Crippen LogP contribution is -2.35. The van der Waals surface area contributed by atoms with Gasteiger partial charge in [-0.15, -0.1) is 0 Å². The molecule has 1 aromatic heterocycles. The van der Waals surface area contributed by atoms with E-state index in [1.165, 1.54) is 11.1 Å². The smallest absolute Gasteiger partial charge is 0.328 e. The molecule has 0 saturated carbocycles. The number of ether oxygens (including phenoxy) is 1. The predicted molar refractivity (Wildman–Crippen MR) is 107 cm³/mol. The number of H-pyrrole nitrogens is 1. The van der Waals surface area contributed by atoms with Gasteiger partial charge >= 0.3 is 11.7 Å². The average molecular weight is 378 g/mol. The molecule has 0 spiro atoms. The molecule has 144 valence electrons. The summed E-state index contributed by atoms with van der Waals surface area (Å²) in [6.07, 6.45) is 2.75. The van der Waals surface area contributed by atoms with Gasteiger partial charge in [0.25, 0.3) is 5.56 Å². The summed E-state index contributed by atoms with van der Waals surface area (Å²) in [5, 5.41) is 0.471. The van der Waals surface area contributed by atoms with E-state index in [9.17, 15) is 14.4 Å². The molecule has 6 nitrogen and oxygen atoms in total. The number of para-hydroxylation sites is 1. The number of carbonyl (C=O) groups is 1. The van der Waals surface area contributed by atoms with Crippen molar-refractivity contribution in [1.82, 2.24) is 9.55 Å². The van der Waals surface area contributed by atoms with E-state index in [0.29, 0.717) is 23.7 Å². The van der Waals surface area contributed by atoms with Gasteiger partial charge in [0.05, 0.1) is 23.9 Å². The van der Waals surface area contributed by atoms with Crippen LogP contribution in [-0.2, 0) is 22.5 Å². The Hall–Kier alpha value is -3.15. The highest BCUT2D eigenvalue weighted by Gasteiger charge is 2.24. The second-order valence-corrected chi connectivity index (χ2v) is 7.15. The highest BCUT2D eigenvalue weighted by atomic mass is 16.5. The molecule has 0 fully saturated rings. The second kappa shape index (κ2) is 7.84. The number of aromatic amines is 1. The zero-order chi connectivity index (χ0) is 19.5. The lowest BCUT2D eigenvalue weighted by atomic mass is 9.98. The molecule has 1 aliphatic rings. The van der Waals surface area contributed by atoms with Crippen LogP contribution in [0.4, 0.5) is 0 Å². The van der Waals surface area contributed by atoms with Gasteiger partial charge in [0.15, 0.2) is 0 Å². The Bertz CT molecular complexity index is 1130. The Morgan fingerprint density at radius 2 is 1.89 bits per heavy atom. The van der Waals surface area contributed by atoms with Crippen LogP contribution < -0.4 is 11.2 Å². The average Bonchev–Trinajstić information content (AvgIpc) is 3.10. The fourth-order valence-corrected chi connectivity index (χ4v) is 3.93. The number of benzene rings is 2. The van der Waals surface area contributed by atoms with Crippen LogP contribution in [0, 0.1) is 0 Å². The van der Waals surface area contributed by atoms with E-state index in [1.807, 2.05) is 12.1 Å². The molecule has 0 aliphatic heterocycles. The van der Waals surface area contributed by atoms with Gasteiger partial charge in [0, 0.05) is 6.54 Å². The lowest BCUT2D eigenvalue weighted by molar-refractivity contribution is -0.144. The van der Waals surface area contributed by atoms with Crippen LogP contribution in [0.25, 0.3) is 10.9 Å². The van der Waals surface area contributed by atoms with E-state index in [1.54, 1.807) is 24.3 Å². The van der Waals surface area contributed by atoms with E-state index < -0.39 is 5.69 Å². The van der Waals surface area contributed by atoms with Crippen LogP contribution in [0.5, 0.6) is 0 Å². The maximum atomic E-state index is 12.5. The first kappa shape index (κ1) is 18.2. The SMILES string of the molecule is O=C(CC1CCc2ccccc21)OCCCn1c(=O)[nH]c2ccccc2c1=O. The van der Waals surface area contributed by atoms with Crippen molar-refractivity contribution in [1.29, 1.82) is 0 Å². The Labute approximate surface area is 161 Å². The molecule has 28 heavy (non-hydrogen) atoms. The van der Waals surface area contributed by atoms with E-state index in [-0.39, 0.29) is 30.6 Å². The number of hydrogen-bond acceptors (Lipinski definition) is 4. The van der Waals surface area contributed by atoms with Crippen LogP contribution in [0.1, 0.15) is 36.3 Å². The number of aromatic nitrogens is 2. The van der Waals surface area contributed by atoms with Gasteiger partial charge in [0.1, 0.15) is 0 Å². The summed E-state index contributed by atoms with van der Waals surface area (Å²) in [5.74, 6) is -0.0175. The highest BCUT2D eigenvalue weighted by Crippen LogP contribution is 2.35. The summed E-state index contributed by atoms with van der Waals surface area (Å²) >= 11 is 0. The summed E-state index contributed by atoms with van der Waals surface area (Å²) in [6, 6.07) is 15.1. The third-order valence-electron chi connectivity index (χ3n) is 5.35. The van der Waals surface area contributed by atoms with Gasteiger partial charge < -0.3 is 9.72 Å². The van der Waals surface area contributed by atoms with E-state index >= 15 is 0 Å². The second-order valence-electron chi connectivity index (χ2n) is 7.15. The van der Waals surface area contributed by atoms with Crippen molar-refractivity contribution in [3.05, 3.63) is 80.5 Å². The zero-order valence-electron chi connectivity index (χ0n) is 15.5. The minimum absolute atomic E-state index is 0.186. The molecule has 0 radical (unpaired) electrons. The van der Waals surface area contributed by atoms with Crippen molar-refractivity contribution in [2.45, 2.75) is 38.1 Å². The quantitative estimate of drug-likeness (QED) is 0.528. The summed E-state index contributed by atoms with van der Waals surface area (Å²) < 4.78 is 6.50. The van der Waals surface area contributed by atoms with Gasteiger partial charge in [-0.3, -0.25) is 14.2 Å². The van der Waals surface area contributed by atoms with E-state index in [0.717, 1.165) is 17.4 Å². The number of hydrogen-bond donors (Lipinski definition) is 1. The van der Waals surface area contributed by atoms with Crippen molar-refractivity contribution < 1.29 is 9.53 Å². The Morgan fingerprint density at radius 3 is 2.79 bits per heavy atom. The van der Waals surface area contributed by atoms with Gasteiger partial charge in [-0.05, 0) is 48.4 Å². The van der Waals surface area contributed by atoms with Gasteiger partial charge in [-0.25, -0.2) is 4.79 Å². The summed E-state index contributed by atoms with van der Waals surface area (Å²) in [5.41, 5.74) is 2.31. The Morgan fingerprint density at radius 1 is 1.11 bits per heavy atom. The van der Waals surface area contributed by atoms with Gasteiger partial charge in [0.2, 0.25) is 0 Å². The molecule has 4 rings (SSSR count). The summed E-state index contributed by atoms with van der Waals surface area (Å²) in [7, 11) is 0. The monoisotopic (exact) mass is 378 g/mol. The number of fused-ring (bicyclic) bond motifs is 2. The number of nitrogens with one attached hydrogen (secondary N) is 1. The van der Waals surface area contributed by atoms with Crippen LogP contribution >= 0.6 is 0 Å². The topological polar surface area (TPSA) is 81.2 Å². The first-order valence-corrected chi connectivity index (χ1v) is 9.59. The first-order valence-electron chi connectivity index (χ1n) is 9.59. The molecule has 0 saturated heterocycles. The molecule has 2 aromatic carbocycles. The van der Waals surface area contributed by atoms with Gasteiger partial charge in [-0.2, -0.15) is 0 Å². The largest absolute Gasteiger partial charge is 0.466 e. The summed E-state index contributed by atoms with van der Waals surface area (Å²) in [6.45, 7) is 0.393.